The Morgan fingerprint density at radius 1 is 1.37 bits per heavy atom. The fourth-order valence-corrected chi connectivity index (χ4v) is 2.11. The highest BCUT2D eigenvalue weighted by atomic mass is 32.2. The van der Waals surface area contributed by atoms with Crippen molar-refractivity contribution in [2.24, 2.45) is 16.5 Å². The molecule has 0 aliphatic heterocycles. The molecule has 7 heteroatoms. The van der Waals surface area contributed by atoms with Crippen LogP contribution in [0.4, 0.5) is 0 Å². The van der Waals surface area contributed by atoms with Crippen molar-refractivity contribution in [2.75, 3.05) is 26.4 Å². The maximum atomic E-state index is 7.07. The Hall–Kier alpha value is -1.47. The molecule has 0 radical (unpaired) electrons. The molecule has 1 aromatic heterocycles. The van der Waals surface area contributed by atoms with Gasteiger partial charge in [0.05, 0.1) is 18.8 Å². The van der Waals surface area contributed by atoms with Crippen molar-refractivity contribution >= 4 is 23.4 Å². The first-order valence-electron chi connectivity index (χ1n) is 5.93. The zero-order chi connectivity index (χ0) is 14.3. The topological polar surface area (TPSA) is 105 Å². The van der Waals surface area contributed by atoms with Gasteiger partial charge in [-0.25, -0.2) is 0 Å². The van der Waals surface area contributed by atoms with Crippen LogP contribution in [0.5, 0.6) is 0 Å². The average Bonchev–Trinajstić information content (AvgIpc) is 2.75. The van der Waals surface area contributed by atoms with Crippen LogP contribution >= 0.6 is 11.8 Å². The summed E-state index contributed by atoms with van der Waals surface area (Å²) < 4.78 is 5.68. The Kier molecular flexibility index (Phi) is 6.44. The summed E-state index contributed by atoms with van der Waals surface area (Å²) in [6.45, 7) is 1.37. The molecular weight excluding hydrogens is 262 g/mol. The van der Waals surface area contributed by atoms with Gasteiger partial charge < -0.3 is 20.8 Å². The van der Waals surface area contributed by atoms with E-state index in [9.17, 15) is 0 Å². The second kappa shape index (κ2) is 7.85. The molecule has 0 saturated heterocycles. The van der Waals surface area contributed by atoms with Crippen molar-refractivity contribution in [3.8, 4) is 0 Å². The minimum Gasteiger partial charge on any atom is -0.464 e. The van der Waals surface area contributed by atoms with Crippen LogP contribution in [0.3, 0.4) is 0 Å². The molecule has 1 rings (SSSR count). The van der Waals surface area contributed by atoms with Crippen LogP contribution in [-0.4, -0.2) is 43.0 Å². The molecule has 1 aromatic rings. The summed E-state index contributed by atoms with van der Waals surface area (Å²) in [5, 5.41) is 7.07. The van der Waals surface area contributed by atoms with Crippen molar-refractivity contribution in [1.29, 1.82) is 5.41 Å². The van der Waals surface area contributed by atoms with Gasteiger partial charge in [-0.3, -0.25) is 10.4 Å². The summed E-state index contributed by atoms with van der Waals surface area (Å²) in [5.41, 5.74) is 10.6. The number of nitrogens with zero attached hydrogens (tertiary/aromatic N) is 2. The first-order valence-corrected chi connectivity index (χ1v) is 7.09. The third-order valence-corrected chi connectivity index (χ3v) is 3.19. The molecule has 0 aliphatic rings. The molecule has 1 heterocycles. The zero-order valence-corrected chi connectivity index (χ0v) is 12.2. The lowest BCUT2D eigenvalue weighted by Gasteiger charge is -2.05. The van der Waals surface area contributed by atoms with Crippen LogP contribution in [-0.2, 0) is 12.3 Å². The third-order valence-electron chi connectivity index (χ3n) is 2.23. The van der Waals surface area contributed by atoms with Crippen molar-refractivity contribution in [3.63, 3.8) is 0 Å². The Labute approximate surface area is 117 Å². The number of thioether (sulfide) groups is 1. The molecule has 19 heavy (non-hydrogen) atoms. The molecule has 0 spiro atoms. The molecule has 0 unspecified atom stereocenters. The molecule has 0 bridgehead atoms. The van der Waals surface area contributed by atoms with E-state index in [1.165, 1.54) is 0 Å². The SMILES string of the molecule is CN(C)Cc1ccc(CSCCN=C(N)C(=N)N)o1. The first kappa shape index (κ1) is 15.6. The Morgan fingerprint density at radius 2 is 2.05 bits per heavy atom. The van der Waals surface area contributed by atoms with Gasteiger partial charge in [-0.1, -0.05) is 0 Å². The van der Waals surface area contributed by atoms with Gasteiger partial charge in [0, 0.05) is 5.75 Å². The normalized spacial score (nSPS) is 12.1. The molecule has 0 fully saturated rings. The van der Waals surface area contributed by atoms with Gasteiger partial charge in [-0.15, -0.1) is 0 Å². The monoisotopic (exact) mass is 283 g/mol. The number of hydrogen-bond acceptors (Lipinski definition) is 5. The zero-order valence-electron chi connectivity index (χ0n) is 11.3. The lowest BCUT2D eigenvalue weighted by atomic mass is 10.4. The van der Waals surface area contributed by atoms with E-state index in [4.69, 9.17) is 21.3 Å². The second-order valence-corrected chi connectivity index (χ2v) is 5.44. The number of amidine groups is 2. The van der Waals surface area contributed by atoms with Gasteiger partial charge in [0.25, 0.3) is 0 Å². The molecule has 0 saturated carbocycles. The van der Waals surface area contributed by atoms with E-state index in [0.717, 1.165) is 29.6 Å². The minimum absolute atomic E-state index is 0.104. The molecule has 106 valence electrons. The highest BCUT2D eigenvalue weighted by Crippen LogP contribution is 2.16. The lowest BCUT2D eigenvalue weighted by molar-refractivity contribution is 0.344. The number of nitrogens with one attached hydrogen (secondary N) is 1. The van der Waals surface area contributed by atoms with E-state index in [0.29, 0.717) is 6.54 Å². The Balaban J connectivity index is 2.24. The summed E-state index contributed by atoms with van der Waals surface area (Å²) in [5.74, 6) is 3.49. The summed E-state index contributed by atoms with van der Waals surface area (Å²) in [7, 11) is 4.02. The van der Waals surface area contributed by atoms with Crippen LogP contribution < -0.4 is 11.5 Å². The van der Waals surface area contributed by atoms with Crippen LogP contribution in [0.25, 0.3) is 0 Å². The van der Waals surface area contributed by atoms with Crippen molar-refractivity contribution < 1.29 is 4.42 Å². The first-order chi connectivity index (χ1) is 8.99. The Bertz CT molecular complexity index is 441. The number of rotatable bonds is 7. The average molecular weight is 283 g/mol. The highest BCUT2D eigenvalue weighted by Gasteiger charge is 2.03. The van der Waals surface area contributed by atoms with Gasteiger partial charge in [-0.05, 0) is 26.2 Å². The highest BCUT2D eigenvalue weighted by molar-refractivity contribution is 7.98. The molecular formula is C12H21N5OS. The van der Waals surface area contributed by atoms with Crippen molar-refractivity contribution in [2.45, 2.75) is 12.3 Å². The molecule has 0 aromatic carbocycles. The van der Waals surface area contributed by atoms with Crippen LogP contribution in [0, 0.1) is 5.41 Å². The Morgan fingerprint density at radius 3 is 2.68 bits per heavy atom. The predicted molar refractivity (Wildman–Crippen MR) is 80.7 cm³/mol. The molecule has 6 nitrogen and oxygen atoms in total. The van der Waals surface area contributed by atoms with Crippen molar-refractivity contribution in [1.82, 2.24) is 4.90 Å². The van der Waals surface area contributed by atoms with E-state index in [-0.39, 0.29) is 11.7 Å². The van der Waals surface area contributed by atoms with Gasteiger partial charge in [0.1, 0.15) is 11.5 Å². The van der Waals surface area contributed by atoms with Crippen LogP contribution in [0.15, 0.2) is 21.5 Å². The van der Waals surface area contributed by atoms with Crippen LogP contribution in [0.2, 0.25) is 0 Å². The fourth-order valence-electron chi connectivity index (χ4n) is 1.39. The smallest absolute Gasteiger partial charge is 0.161 e. The van der Waals surface area contributed by atoms with Crippen molar-refractivity contribution in [3.05, 3.63) is 23.7 Å². The fraction of sp³-hybridized carbons (Fsp3) is 0.500. The largest absolute Gasteiger partial charge is 0.464 e. The molecule has 0 atom stereocenters. The van der Waals surface area contributed by atoms with Crippen LogP contribution in [0.1, 0.15) is 11.5 Å². The second-order valence-electron chi connectivity index (χ2n) is 4.34. The summed E-state index contributed by atoms with van der Waals surface area (Å²) >= 11 is 1.71. The number of hydrogen-bond donors (Lipinski definition) is 3. The van der Waals surface area contributed by atoms with E-state index >= 15 is 0 Å². The maximum Gasteiger partial charge on any atom is 0.161 e. The predicted octanol–water partition coefficient (Wildman–Crippen LogP) is 0.868. The van der Waals surface area contributed by atoms with E-state index < -0.39 is 0 Å². The van der Waals surface area contributed by atoms with E-state index in [1.807, 2.05) is 26.2 Å². The van der Waals surface area contributed by atoms with E-state index in [2.05, 4.69) is 9.89 Å². The quantitative estimate of drug-likeness (QED) is 0.391. The number of aliphatic imine (C=N–C) groups is 1. The molecule has 0 aliphatic carbocycles. The third kappa shape index (κ3) is 6.30. The summed E-state index contributed by atoms with van der Waals surface area (Å²) in [4.78, 5) is 6.05. The van der Waals surface area contributed by atoms with Gasteiger partial charge in [0.2, 0.25) is 0 Å². The summed E-state index contributed by atoms with van der Waals surface area (Å²) in [6.07, 6.45) is 0. The van der Waals surface area contributed by atoms with Gasteiger partial charge in [0.15, 0.2) is 11.7 Å². The number of furan rings is 1. The molecule has 0 amide bonds. The van der Waals surface area contributed by atoms with E-state index in [1.54, 1.807) is 11.8 Å². The standard InChI is InChI=1S/C12H21N5OS/c1-17(2)7-9-3-4-10(18-9)8-19-6-5-16-12(15)11(13)14/h3-4H,5-8H2,1-2H3,(H3,13,14)(H2,15,16). The maximum absolute atomic E-state index is 7.07. The van der Waals surface area contributed by atoms with Gasteiger partial charge >= 0.3 is 0 Å². The minimum atomic E-state index is -0.177. The number of nitrogens with two attached hydrogens (primary N) is 2. The molecule has 5 N–H and O–H groups in total. The summed E-state index contributed by atoms with van der Waals surface area (Å²) in [6, 6.07) is 4.00. The van der Waals surface area contributed by atoms with Gasteiger partial charge in [-0.2, -0.15) is 11.8 Å². The lowest BCUT2D eigenvalue weighted by Crippen LogP contribution is -2.30.